The van der Waals surface area contributed by atoms with Gasteiger partial charge in [0.1, 0.15) is 11.6 Å². The predicted molar refractivity (Wildman–Crippen MR) is 85.7 cm³/mol. The Morgan fingerprint density at radius 3 is 2.67 bits per heavy atom. The van der Waals surface area contributed by atoms with Gasteiger partial charge < -0.3 is 9.73 Å². The van der Waals surface area contributed by atoms with Gasteiger partial charge >= 0.3 is 0 Å². The second-order valence-electron chi connectivity index (χ2n) is 5.29. The number of benzene rings is 1. The Morgan fingerprint density at radius 2 is 2.10 bits per heavy atom. The molecule has 0 amide bonds. The quantitative estimate of drug-likeness (QED) is 0.845. The van der Waals surface area contributed by atoms with Crippen molar-refractivity contribution in [3.8, 4) is 0 Å². The van der Waals surface area contributed by atoms with Gasteiger partial charge in [-0.3, -0.25) is 4.90 Å². The van der Waals surface area contributed by atoms with E-state index in [9.17, 15) is 4.39 Å². The smallest absolute Gasteiger partial charge is 0.124 e. The first-order chi connectivity index (χ1) is 9.99. The monoisotopic (exact) mass is 354 g/mol. The molecule has 0 aliphatic rings. The Kier molecular flexibility index (Phi) is 5.56. The molecule has 2 rings (SSSR count). The molecule has 1 aromatic heterocycles. The van der Waals surface area contributed by atoms with Crippen LogP contribution in [0.25, 0.3) is 0 Å². The molecule has 5 heteroatoms. The van der Waals surface area contributed by atoms with Crippen LogP contribution in [0.1, 0.15) is 30.3 Å². The van der Waals surface area contributed by atoms with Crippen LogP contribution in [-0.4, -0.2) is 25.5 Å². The Balaban J connectivity index is 2.03. The fourth-order valence-electron chi connectivity index (χ4n) is 2.27. The van der Waals surface area contributed by atoms with Crippen molar-refractivity contribution in [1.82, 2.24) is 10.2 Å². The van der Waals surface area contributed by atoms with Crippen molar-refractivity contribution in [3.05, 3.63) is 58.2 Å². The molecule has 0 bridgehead atoms. The van der Waals surface area contributed by atoms with E-state index in [0.717, 1.165) is 22.3 Å². The molecule has 1 N–H and O–H groups in total. The highest BCUT2D eigenvalue weighted by Gasteiger charge is 2.18. The first-order valence-corrected chi connectivity index (χ1v) is 7.66. The summed E-state index contributed by atoms with van der Waals surface area (Å²) < 4.78 is 19.4. The molecule has 0 fully saturated rings. The summed E-state index contributed by atoms with van der Waals surface area (Å²) in [6.45, 7) is 2.80. The van der Waals surface area contributed by atoms with Crippen molar-refractivity contribution in [1.29, 1.82) is 0 Å². The van der Waals surface area contributed by atoms with E-state index in [-0.39, 0.29) is 17.9 Å². The number of rotatable bonds is 6. The molecule has 2 unspecified atom stereocenters. The summed E-state index contributed by atoms with van der Waals surface area (Å²) in [5.74, 6) is 0.692. The van der Waals surface area contributed by atoms with E-state index < -0.39 is 0 Å². The van der Waals surface area contributed by atoms with E-state index in [1.54, 1.807) is 12.3 Å². The minimum Gasteiger partial charge on any atom is -0.468 e. The van der Waals surface area contributed by atoms with Gasteiger partial charge in [0.15, 0.2) is 0 Å². The minimum absolute atomic E-state index is 0.109. The third-order valence-electron chi connectivity index (χ3n) is 3.54. The van der Waals surface area contributed by atoms with Gasteiger partial charge in [0.05, 0.1) is 12.3 Å². The average Bonchev–Trinajstić information content (AvgIpc) is 2.92. The van der Waals surface area contributed by atoms with Crippen LogP contribution in [-0.2, 0) is 0 Å². The molecule has 1 aromatic carbocycles. The standard InChI is InChI=1S/C16H20BrFN2O/c1-11(13-7-6-12(18)9-14(13)17)19-10-15(20(2)3)16-5-4-8-21-16/h4-9,11,15,19H,10H2,1-3H3. The van der Waals surface area contributed by atoms with Gasteiger partial charge in [0, 0.05) is 17.1 Å². The Bertz CT molecular complexity index is 572. The van der Waals surface area contributed by atoms with Crippen LogP contribution >= 0.6 is 15.9 Å². The Hall–Kier alpha value is -1.17. The molecule has 0 spiro atoms. The molecule has 3 nitrogen and oxygen atoms in total. The normalized spacial score (nSPS) is 14.4. The van der Waals surface area contributed by atoms with E-state index in [1.807, 2.05) is 26.2 Å². The third kappa shape index (κ3) is 4.15. The summed E-state index contributed by atoms with van der Waals surface area (Å²) in [7, 11) is 4.04. The average molecular weight is 355 g/mol. The highest BCUT2D eigenvalue weighted by Crippen LogP contribution is 2.25. The Morgan fingerprint density at radius 1 is 1.33 bits per heavy atom. The highest BCUT2D eigenvalue weighted by atomic mass is 79.9. The maximum atomic E-state index is 13.1. The molecule has 21 heavy (non-hydrogen) atoms. The van der Waals surface area contributed by atoms with Crippen LogP contribution in [0.4, 0.5) is 4.39 Å². The zero-order chi connectivity index (χ0) is 15.4. The molecule has 0 saturated carbocycles. The van der Waals surface area contributed by atoms with Crippen LogP contribution in [0, 0.1) is 5.82 Å². The zero-order valence-corrected chi connectivity index (χ0v) is 14.0. The largest absolute Gasteiger partial charge is 0.468 e. The van der Waals surface area contributed by atoms with Crippen molar-refractivity contribution in [2.24, 2.45) is 0 Å². The SMILES string of the molecule is CC(NCC(c1ccco1)N(C)C)c1ccc(F)cc1Br. The van der Waals surface area contributed by atoms with Crippen LogP contribution in [0.15, 0.2) is 45.5 Å². The van der Waals surface area contributed by atoms with Crippen molar-refractivity contribution in [2.45, 2.75) is 19.0 Å². The summed E-state index contributed by atoms with van der Waals surface area (Å²) in [6, 6.07) is 8.90. The van der Waals surface area contributed by atoms with Crippen molar-refractivity contribution in [2.75, 3.05) is 20.6 Å². The van der Waals surface area contributed by atoms with Crippen molar-refractivity contribution < 1.29 is 8.81 Å². The number of nitrogens with zero attached hydrogens (tertiary/aromatic N) is 1. The summed E-state index contributed by atoms with van der Waals surface area (Å²) in [5, 5.41) is 3.47. The van der Waals surface area contributed by atoms with Crippen LogP contribution in [0.5, 0.6) is 0 Å². The molecular formula is C16H20BrFN2O. The molecule has 0 radical (unpaired) electrons. The van der Waals surface area contributed by atoms with Gasteiger partial charge in [-0.2, -0.15) is 0 Å². The molecule has 0 aliphatic heterocycles. The topological polar surface area (TPSA) is 28.4 Å². The van der Waals surface area contributed by atoms with Gasteiger partial charge in [0.25, 0.3) is 0 Å². The third-order valence-corrected chi connectivity index (χ3v) is 4.23. The van der Waals surface area contributed by atoms with E-state index in [2.05, 4.69) is 33.1 Å². The van der Waals surface area contributed by atoms with E-state index in [4.69, 9.17) is 4.42 Å². The first kappa shape index (κ1) is 16.2. The van der Waals surface area contributed by atoms with Gasteiger partial charge in [-0.25, -0.2) is 4.39 Å². The Labute approximate surface area is 133 Å². The summed E-state index contributed by atoms with van der Waals surface area (Å²) in [4.78, 5) is 2.11. The fourth-order valence-corrected chi connectivity index (χ4v) is 2.96. The lowest BCUT2D eigenvalue weighted by Crippen LogP contribution is -2.32. The number of nitrogens with one attached hydrogen (secondary N) is 1. The van der Waals surface area contributed by atoms with Gasteiger partial charge in [-0.05, 0) is 50.8 Å². The number of hydrogen-bond donors (Lipinski definition) is 1. The van der Waals surface area contributed by atoms with Crippen molar-refractivity contribution in [3.63, 3.8) is 0 Å². The molecule has 1 heterocycles. The summed E-state index contributed by atoms with van der Waals surface area (Å²) >= 11 is 3.41. The van der Waals surface area contributed by atoms with E-state index in [1.165, 1.54) is 12.1 Å². The van der Waals surface area contributed by atoms with Crippen LogP contribution in [0.3, 0.4) is 0 Å². The van der Waals surface area contributed by atoms with Crippen molar-refractivity contribution >= 4 is 15.9 Å². The number of hydrogen-bond acceptors (Lipinski definition) is 3. The van der Waals surface area contributed by atoms with Gasteiger partial charge in [-0.1, -0.05) is 22.0 Å². The maximum absolute atomic E-state index is 13.1. The van der Waals surface area contributed by atoms with Gasteiger partial charge in [0.2, 0.25) is 0 Å². The summed E-state index contributed by atoms with van der Waals surface area (Å²) in [6.07, 6.45) is 1.69. The second-order valence-corrected chi connectivity index (χ2v) is 6.14. The number of halogens is 2. The fraction of sp³-hybridized carbons (Fsp3) is 0.375. The lowest BCUT2D eigenvalue weighted by atomic mass is 10.1. The lowest BCUT2D eigenvalue weighted by molar-refractivity contribution is 0.245. The minimum atomic E-state index is -0.237. The zero-order valence-electron chi connectivity index (χ0n) is 12.4. The molecule has 2 atom stereocenters. The van der Waals surface area contributed by atoms with Crippen LogP contribution < -0.4 is 5.32 Å². The molecule has 2 aromatic rings. The molecule has 0 saturated heterocycles. The number of furan rings is 1. The maximum Gasteiger partial charge on any atom is 0.124 e. The lowest BCUT2D eigenvalue weighted by Gasteiger charge is -2.25. The number of likely N-dealkylation sites (N-methyl/N-ethyl adjacent to an activating group) is 1. The highest BCUT2D eigenvalue weighted by molar-refractivity contribution is 9.10. The molecular weight excluding hydrogens is 335 g/mol. The van der Waals surface area contributed by atoms with Crippen LogP contribution in [0.2, 0.25) is 0 Å². The first-order valence-electron chi connectivity index (χ1n) is 6.87. The molecule has 114 valence electrons. The van der Waals surface area contributed by atoms with Gasteiger partial charge in [-0.15, -0.1) is 0 Å². The predicted octanol–water partition coefficient (Wildman–Crippen LogP) is 4.13. The van der Waals surface area contributed by atoms with E-state index >= 15 is 0 Å². The summed E-state index contributed by atoms with van der Waals surface area (Å²) in [5.41, 5.74) is 1.04. The molecule has 0 aliphatic carbocycles. The van der Waals surface area contributed by atoms with E-state index in [0.29, 0.717) is 0 Å². The second kappa shape index (κ2) is 7.20.